The van der Waals surface area contributed by atoms with Gasteiger partial charge in [0, 0.05) is 11.5 Å². The average molecular weight is 465 g/mol. The fourth-order valence-electron chi connectivity index (χ4n) is 5.18. The van der Waals surface area contributed by atoms with Gasteiger partial charge in [0.15, 0.2) is 0 Å². The lowest BCUT2D eigenvalue weighted by atomic mass is 9.78. The van der Waals surface area contributed by atoms with Crippen LogP contribution in [0.4, 0.5) is 0 Å². The molecule has 0 saturated heterocycles. The maximum atomic E-state index is 12.2. The van der Waals surface area contributed by atoms with Crippen molar-refractivity contribution in [1.82, 2.24) is 0 Å². The van der Waals surface area contributed by atoms with Crippen molar-refractivity contribution in [2.24, 2.45) is 0 Å². The molecule has 1 aliphatic rings. The fourth-order valence-corrected chi connectivity index (χ4v) is 5.83. The molecule has 4 nitrogen and oxygen atoms in total. The van der Waals surface area contributed by atoms with Gasteiger partial charge in [-0.15, -0.1) is 0 Å². The van der Waals surface area contributed by atoms with E-state index < -0.39 is 10.1 Å². The van der Waals surface area contributed by atoms with Crippen LogP contribution in [0.5, 0.6) is 5.75 Å². The molecule has 4 rings (SSSR count). The second-order valence-corrected chi connectivity index (χ2v) is 10.7. The Morgan fingerprint density at radius 1 is 0.879 bits per heavy atom. The molecule has 0 aromatic heterocycles. The lowest BCUT2D eigenvalue weighted by Gasteiger charge is -2.27. The van der Waals surface area contributed by atoms with Crippen LogP contribution in [0.15, 0.2) is 77.7 Å². The van der Waals surface area contributed by atoms with Crippen molar-refractivity contribution in [3.63, 3.8) is 0 Å². The highest BCUT2D eigenvalue weighted by Gasteiger charge is 2.29. The monoisotopic (exact) mass is 464 g/mol. The van der Waals surface area contributed by atoms with Crippen molar-refractivity contribution in [2.75, 3.05) is 0 Å². The van der Waals surface area contributed by atoms with Crippen molar-refractivity contribution in [2.45, 2.75) is 68.1 Å². The van der Waals surface area contributed by atoms with E-state index in [0.717, 1.165) is 36.8 Å². The zero-order valence-electron chi connectivity index (χ0n) is 19.0. The molecule has 2 N–H and O–H groups in total. The Balaban J connectivity index is 1.84. The summed E-state index contributed by atoms with van der Waals surface area (Å²) in [7, 11) is -4.56. The van der Waals surface area contributed by atoms with E-state index in [1.54, 1.807) is 0 Å². The highest BCUT2D eigenvalue weighted by Crippen LogP contribution is 2.44. The summed E-state index contributed by atoms with van der Waals surface area (Å²) in [6, 6.07) is 23.6. The molecule has 1 fully saturated rings. The second kappa shape index (κ2) is 10.1. The molecule has 0 spiro atoms. The van der Waals surface area contributed by atoms with Gasteiger partial charge in [-0.25, -0.2) is 0 Å². The van der Waals surface area contributed by atoms with Crippen molar-refractivity contribution in [1.29, 1.82) is 0 Å². The summed E-state index contributed by atoms with van der Waals surface area (Å²) >= 11 is 0. The van der Waals surface area contributed by atoms with Crippen molar-refractivity contribution in [3.8, 4) is 5.75 Å². The predicted octanol–water partition coefficient (Wildman–Crippen LogP) is 7.01. The standard InChI is InChI=1S/C28H32O4S/c1-20(21-11-5-2-6-12-21)17-25(23-15-9-4-10-16-23)26-18-24(22-13-7-3-8-14-22)19-27(28(26)29)33(30,31)32/h2,4-6,9-12,15-16,18-20,22,25,29H,3,7-8,13-14,17H2,1H3,(H,30,31,32). The molecule has 0 radical (unpaired) electrons. The SMILES string of the molecule is CC(CC(c1ccccc1)c1cc(C2CCCCC2)cc(S(=O)(=O)O)c1O)c1ccccc1. The normalized spacial score (nSPS) is 16.9. The van der Waals surface area contributed by atoms with Crippen molar-refractivity contribution < 1.29 is 18.1 Å². The van der Waals surface area contributed by atoms with Crippen LogP contribution in [0.2, 0.25) is 0 Å². The third-order valence-corrected chi connectivity index (χ3v) is 7.88. The molecule has 3 aromatic carbocycles. The zero-order chi connectivity index (χ0) is 23.4. The predicted molar refractivity (Wildman–Crippen MR) is 132 cm³/mol. The molecule has 0 aliphatic heterocycles. The topological polar surface area (TPSA) is 74.6 Å². The van der Waals surface area contributed by atoms with Crippen LogP contribution < -0.4 is 0 Å². The molecule has 33 heavy (non-hydrogen) atoms. The van der Waals surface area contributed by atoms with Gasteiger partial charge in [-0.3, -0.25) is 4.55 Å². The molecule has 3 aromatic rings. The number of aromatic hydroxyl groups is 1. The smallest absolute Gasteiger partial charge is 0.298 e. The molecular formula is C28H32O4S. The Morgan fingerprint density at radius 2 is 1.45 bits per heavy atom. The summed E-state index contributed by atoms with van der Waals surface area (Å²) in [5.74, 6) is -0.137. The minimum Gasteiger partial charge on any atom is -0.506 e. The van der Waals surface area contributed by atoms with Crippen LogP contribution in [0, 0.1) is 0 Å². The molecule has 1 saturated carbocycles. The molecule has 5 heteroatoms. The molecule has 174 valence electrons. The summed E-state index contributed by atoms with van der Waals surface area (Å²) in [4.78, 5) is -0.381. The summed E-state index contributed by atoms with van der Waals surface area (Å²) in [5, 5.41) is 11.1. The first-order valence-electron chi connectivity index (χ1n) is 11.8. The van der Waals surface area contributed by atoms with E-state index in [1.807, 2.05) is 54.6 Å². The fraction of sp³-hybridized carbons (Fsp3) is 0.357. The Kier molecular flexibility index (Phi) is 7.20. The first-order valence-corrected chi connectivity index (χ1v) is 13.2. The molecule has 0 heterocycles. The van der Waals surface area contributed by atoms with E-state index in [9.17, 15) is 18.1 Å². The van der Waals surface area contributed by atoms with Gasteiger partial charge in [0.05, 0.1) is 0 Å². The quantitative estimate of drug-likeness (QED) is 0.369. The Morgan fingerprint density at radius 3 is 2.03 bits per heavy atom. The average Bonchev–Trinajstić information content (AvgIpc) is 2.83. The van der Waals surface area contributed by atoms with Gasteiger partial charge in [-0.1, -0.05) is 92.9 Å². The van der Waals surface area contributed by atoms with Gasteiger partial charge in [-0.05, 0) is 53.9 Å². The minimum atomic E-state index is -4.56. The van der Waals surface area contributed by atoms with E-state index in [2.05, 4.69) is 19.1 Å². The van der Waals surface area contributed by atoms with E-state index in [1.165, 1.54) is 18.1 Å². The van der Waals surface area contributed by atoms with Gasteiger partial charge in [0.25, 0.3) is 10.1 Å². The van der Waals surface area contributed by atoms with E-state index in [-0.39, 0.29) is 28.4 Å². The Hall–Kier alpha value is -2.63. The number of hydrogen-bond acceptors (Lipinski definition) is 3. The van der Waals surface area contributed by atoms with Gasteiger partial charge in [-0.2, -0.15) is 8.42 Å². The van der Waals surface area contributed by atoms with Crippen LogP contribution in [0.3, 0.4) is 0 Å². The lowest BCUT2D eigenvalue weighted by molar-refractivity contribution is 0.424. The first kappa shape index (κ1) is 23.5. The Bertz CT molecular complexity index is 1170. The second-order valence-electron chi connectivity index (χ2n) is 9.28. The van der Waals surface area contributed by atoms with Crippen LogP contribution in [-0.2, 0) is 10.1 Å². The van der Waals surface area contributed by atoms with Crippen molar-refractivity contribution in [3.05, 3.63) is 95.1 Å². The summed E-state index contributed by atoms with van der Waals surface area (Å²) in [5.41, 5.74) is 3.66. The number of benzene rings is 3. The van der Waals surface area contributed by atoms with Crippen LogP contribution in [0.25, 0.3) is 0 Å². The number of hydrogen-bond donors (Lipinski definition) is 2. The van der Waals surface area contributed by atoms with Gasteiger partial charge >= 0.3 is 0 Å². The van der Waals surface area contributed by atoms with Crippen LogP contribution in [0.1, 0.15) is 85.5 Å². The largest absolute Gasteiger partial charge is 0.506 e. The third kappa shape index (κ3) is 5.48. The third-order valence-electron chi connectivity index (χ3n) is 7.02. The molecule has 2 atom stereocenters. The minimum absolute atomic E-state index is 0.184. The maximum absolute atomic E-state index is 12.2. The molecule has 0 bridgehead atoms. The van der Waals surface area contributed by atoms with Crippen molar-refractivity contribution >= 4 is 10.1 Å². The highest BCUT2D eigenvalue weighted by molar-refractivity contribution is 7.86. The van der Waals surface area contributed by atoms with Crippen LogP contribution in [-0.4, -0.2) is 18.1 Å². The van der Waals surface area contributed by atoms with E-state index in [0.29, 0.717) is 12.0 Å². The van der Waals surface area contributed by atoms with Gasteiger partial charge < -0.3 is 5.11 Å². The maximum Gasteiger partial charge on any atom is 0.298 e. The molecule has 0 amide bonds. The zero-order valence-corrected chi connectivity index (χ0v) is 19.8. The summed E-state index contributed by atoms with van der Waals surface area (Å²) in [6.07, 6.45) is 6.08. The van der Waals surface area contributed by atoms with Gasteiger partial charge in [0.1, 0.15) is 10.6 Å². The first-order chi connectivity index (χ1) is 15.8. The molecule has 1 aliphatic carbocycles. The van der Waals surface area contributed by atoms with Crippen LogP contribution >= 0.6 is 0 Å². The Labute approximate surface area is 197 Å². The van der Waals surface area contributed by atoms with Gasteiger partial charge in [0.2, 0.25) is 0 Å². The molecule has 2 unspecified atom stereocenters. The lowest BCUT2D eigenvalue weighted by Crippen LogP contribution is -2.12. The molecular weight excluding hydrogens is 432 g/mol. The number of phenolic OH excluding ortho intramolecular Hbond substituents is 1. The number of rotatable bonds is 7. The summed E-state index contributed by atoms with van der Waals surface area (Å²) in [6.45, 7) is 2.15. The number of phenols is 1. The van der Waals surface area contributed by atoms with E-state index in [4.69, 9.17) is 0 Å². The summed E-state index contributed by atoms with van der Waals surface area (Å²) < 4.78 is 34.4. The van der Waals surface area contributed by atoms with E-state index >= 15 is 0 Å². The highest BCUT2D eigenvalue weighted by atomic mass is 32.2.